The van der Waals surface area contributed by atoms with Crippen molar-refractivity contribution in [2.75, 3.05) is 0 Å². The van der Waals surface area contributed by atoms with Crippen LogP contribution in [0.3, 0.4) is 0 Å². The molecule has 0 aliphatic rings. The van der Waals surface area contributed by atoms with Gasteiger partial charge in [0.15, 0.2) is 0 Å². The molecule has 0 aliphatic carbocycles. The Morgan fingerprint density at radius 1 is 1.38 bits per heavy atom. The summed E-state index contributed by atoms with van der Waals surface area (Å²) in [5.74, 6) is 0. The Morgan fingerprint density at radius 3 is 2.85 bits per heavy atom. The van der Waals surface area contributed by atoms with E-state index in [0.29, 0.717) is 0 Å². The van der Waals surface area contributed by atoms with Crippen LogP contribution in [0.4, 0.5) is 0 Å². The van der Waals surface area contributed by atoms with E-state index in [0.717, 1.165) is 5.33 Å². The molecule has 1 aromatic carbocycles. The Morgan fingerprint density at radius 2 is 2.15 bits per heavy atom. The number of hydrogen-bond acceptors (Lipinski definition) is 1. The fourth-order valence-corrected chi connectivity index (χ4v) is 4.11. The van der Waals surface area contributed by atoms with Crippen LogP contribution in [0, 0.1) is 6.92 Å². The predicted octanol–water partition coefficient (Wildman–Crippen LogP) is 4.87. The van der Waals surface area contributed by atoms with Crippen molar-refractivity contribution in [1.82, 2.24) is 0 Å². The lowest BCUT2D eigenvalue weighted by Gasteiger charge is -1.99. The highest BCUT2D eigenvalue weighted by molar-refractivity contribution is 9.10. The van der Waals surface area contributed by atoms with E-state index in [2.05, 4.69) is 56.3 Å². The number of aryl methyl sites for hydroxylation is 1. The van der Waals surface area contributed by atoms with E-state index in [-0.39, 0.29) is 0 Å². The van der Waals surface area contributed by atoms with Crippen LogP contribution in [-0.4, -0.2) is 0 Å². The standard InChI is InChI=1S/C10H8Br2S/c1-6-2-8(12)10-7(4-11)5-13-9(10)3-6/h2-3,5H,4H2,1H3. The third kappa shape index (κ3) is 1.69. The Balaban J connectivity index is 2.82. The van der Waals surface area contributed by atoms with E-state index in [9.17, 15) is 0 Å². The third-order valence-electron chi connectivity index (χ3n) is 1.99. The SMILES string of the molecule is Cc1cc(Br)c2c(CBr)csc2c1. The molecular formula is C10H8Br2S. The Hall–Kier alpha value is 0.140. The molecule has 0 bridgehead atoms. The maximum atomic E-state index is 3.60. The lowest BCUT2D eigenvalue weighted by atomic mass is 10.1. The molecule has 0 aliphatic heterocycles. The molecule has 3 heteroatoms. The van der Waals surface area contributed by atoms with Crippen LogP contribution in [0.5, 0.6) is 0 Å². The molecular weight excluding hydrogens is 312 g/mol. The van der Waals surface area contributed by atoms with Gasteiger partial charge in [-0.05, 0) is 35.6 Å². The second kappa shape index (κ2) is 3.71. The first-order valence-corrected chi connectivity index (χ1v) is 6.74. The van der Waals surface area contributed by atoms with E-state index >= 15 is 0 Å². The van der Waals surface area contributed by atoms with Crippen molar-refractivity contribution in [3.8, 4) is 0 Å². The number of benzene rings is 1. The second-order valence-corrected chi connectivity index (χ2v) is 5.34. The fraction of sp³-hybridized carbons (Fsp3) is 0.200. The van der Waals surface area contributed by atoms with Crippen molar-refractivity contribution in [3.05, 3.63) is 33.1 Å². The highest BCUT2D eigenvalue weighted by atomic mass is 79.9. The maximum Gasteiger partial charge on any atom is 0.0359 e. The number of thiophene rings is 1. The van der Waals surface area contributed by atoms with E-state index in [1.165, 1.54) is 25.7 Å². The Bertz CT molecular complexity index is 445. The molecule has 0 N–H and O–H groups in total. The van der Waals surface area contributed by atoms with Gasteiger partial charge in [-0.1, -0.05) is 31.9 Å². The number of alkyl halides is 1. The highest BCUT2D eigenvalue weighted by Crippen LogP contribution is 2.34. The van der Waals surface area contributed by atoms with Gasteiger partial charge >= 0.3 is 0 Å². The van der Waals surface area contributed by atoms with Crippen LogP contribution in [0.1, 0.15) is 11.1 Å². The van der Waals surface area contributed by atoms with Crippen LogP contribution in [-0.2, 0) is 5.33 Å². The summed E-state index contributed by atoms with van der Waals surface area (Å²) in [6, 6.07) is 4.40. The van der Waals surface area contributed by atoms with Crippen LogP contribution in [0.2, 0.25) is 0 Å². The number of rotatable bonds is 1. The fourth-order valence-electron chi connectivity index (χ4n) is 1.41. The number of halogens is 2. The number of fused-ring (bicyclic) bond motifs is 1. The minimum atomic E-state index is 0.925. The van der Waals surface area contributed by atoms with Crippen molar-refractivity contribution in [3.63, 3.8) is 0 Å². The van der Waals surface area contributed by atoms with Gasteiger partial charge in [-0.25, -0.2) is 0 Å². The van der Waals surface area contributed by atoms with Crippen LogP contribution < -0.4 is 0 Å². The molecule has 68 valence electrons. The van der Waals surface area contributed by atoms with E-state index < -0.39 is 0 Å². The molecule has 13 heavy (non-hydrogen) atoms. The van der Waals surface area contributed by atoms with Gasteiger partial charge in [-0.15, -0.1) is 11.3 Å². The molecule has 0 spiro atoms. The molecule has 0 atom stereocenters. The molecule has 1 aromatic heterocycles. The summed E-state index contributed by atoms with van der Waals surface area (Å²) in [5.41, 5.74) is 2.68. The van der Waals surface area contributed by atoms with Crippen molar-refractivity contribution in [2.24, 2.45) is 0 Å². The Labute approximate surface area is 98.2 Å². The van der Waals surface area contributed by atoms with E-state index in [1.54, 1.807) is 11.3 Å². The van der Waals surface area contributed by atoms with Gasteiger partial charge in [0.25, 0.3) is 0 Å². The summed E-state index contributed by atoms with van der Waals surface area (Å²) in [5, 5.41) is 4.49. The smallest absolute Gasteiger partial charge is 0.0359 e. The molecule has 0 nitrogen and oxygen atoms in total. The van der Waals surface area contributed by atoms with E-state index in [1.807, 2.05) is 0 Å². The molecule has 0 saturated heterocycles. The van der Waals surface area contributed by atoms with Gasteiger partial charge in [-0.2, -0.15) is 0 Å². The zero-order valence-corrected chi connectivity index (χ0v) is 11.1. The van der Waals surface area contributed by atoms with Crippen molar-refractivity contribution in [2.45, 2.75) is 12.3 Å². The van der Waals surface area contributed by atoms with Gasteiger partial charge in [0.1, 0.15) is 0 Å². The van der Waals surface area contributed by atoms with Gasteiger partial charge in [0.2, 0.25) is 0 Å². The van der Waals surface area contributed by atoms with Crippen LogP contribution >= 0.6 is 43.2 Å². The quantitative estimate of drug-likeness (QED) is 0.658. The molecule has 0 radical (unpaired) electrons. The summed E-state index contributed by atoms with van der Waals surface area (Å²) in [4.78, 5) is 0. The first-order valence-electron chi connectivity index (χ1n) is 3.94. The molecule has 0 amide bonds. The van der Waals surface area contributed by atoms with Crippen molar-refractivity contribution >= 4 is 53.3 Å². The van der Waals surface area contributed by atoms with E-state index in [4.69, 9.17) is 0 Å². The zero-order chi connectivity index (χ0) is 9.42. The first kappa shape index (κ1) is 9.69. The van der Waals surface area contributed by atoms with Gasteiger partial charge < -0.3 is 0 Å². The minimum Gasteiger partial charge on any atom is -0.143 e. The summed E-state index contributed by atoms with van der Waals surface area (Å²) < 4.78 is 2.57. The van der Waals surface area contributed by atoms with Crippen molar-refractivity contribution in [1.29, 1.82) is 0 Å². The van der Waals surface area contributed by atoms with Gasteiger partial charge in [0, 0.05) is 19.9 Å². The van der Waals surface area contributed by atoms with Crippen molar-refractivity contribution < 1.29 is 0 Å². The molecule has 2 aromatic rings. The molecule has 0 fully saturated rings. The monoisotopic (exact) mass is 318 g/mol. The van der Waals surface area contributed by atoms with Crippen LogP contribution in [0.15, 0.2) is 22.0 Å². The average molecular weight is 320 g/mol. The third-order valence-corrected chi connectivity index (χ3v) is 4.20. The molecule has 2 rings (SSSR count). The number of hydrogen-bond donors (Lipinski definition) is 0. The maximum absolute atomic E-state index is 3.60. The largest absolute Gasteiger partial charge is 0.143 e. The summed E-state index contributed by atoms with van der Waals surface area (Å²) in [7, 11) is 0. The summed E-state index contributed by atoms with van der Waals surface area (Å²) >= 11 is 8.91. The highest BCUT2D eigenvalue weighted by Gasteiger charge is 2.06. The first-order chi connectivity index (χ1) is 6.22. The van der Waals surface area contributed by atoms with Gasteiger partial charge in [0.05, 0.1) is 0 Å². The molecule has 1 heterocycles. The lowest BCUT2D eigenvalue weighted by Crippen LogP contribution is -1.77. The summed E-state index contributed by atoms with van der Waals surface area (Å²) in [6.07, 6.45) is 0. The molecule has 0 saturated carbocycles. The molecule has 0 unspecified atom stereocenters. The van der Waals surface area contributed by atoms with Crippen LogP contribution in [0.25, 0.3) is 10.1 Å². The normalized spacial score (nSPS) is 11.0. The summed E-state index contributed by atoms with van der Waals surface area (Å²) in [6.45, 7) is 2.12. The Kier molecular flexibility index (Phi) is 2.77. The topological polar surface area (TPSA) is 0 Å². The average Bonchev–Trinajstić information content (AvgIpc) is 2.47. The lowest BCUT2D eigenvalue weighted by molar-refractivity contribution is 1.48. The minimum absolute atomic E-state index is 0.925. The predicted molar refractivity (Wildman–Crippen MR) is 66.9 cm³/mol. The second-order valence-electron chi connectivity index (χ2n) is 3.01. The van der Waals surface area contributed by atoms with Gasteiger partial charge in [-0.3, -0.25) is 0 Å². The zero-order valence-electron chi connectivity index (χ0n) is 7.10.